The summed E-state index contributed by atoms with van der Waals surface area (Å²) >= 11 is 0. The monoisotopic (exact) mass is 250 g/mol. The van der Waals surface area contributed by atoms with E-state index in [-0.39, 0.29) is 0 Å². The predicted octanol–water partition coefficient (Wildman–Crippen LogP) is 2.07. The molecule has 0 atom stereocenters. The highest BCUT2D eigenvalue weighted by Gasteiger charge is 2.23. The van der Waals surface area contributed by atoms with Gasteiger partial charge < -0.3 is 10.2 Å². The number of hydrogen-bond acceptors (Lipinski definition) is 3. The summed E-state index contributed by atoms with van der Waals surface area (Å²) in [7, 11) is 4.06. The van der Waals surface area contributed by atoms with E-state index in [1.54, 1.807) is 0 Å². The highest BCUT2D eigenvalue weighted by Crippen LogP contribution is 2.28. The van der Waals surface area contributed by atoms with Crippen molar-refractivity contribution in [2.75, 3.05) is 25.0 Å². The number of anilines is 1. The van der Waals surface area contributed by atoms with Gasteiger partial charge in [0.15, 0.2) is 0 Å². The first kappa shape index (κ1) is 13.4. The molecule has 0 aromatic carbocycles. The molecule has 0 unspecified atom stereocenters. The molecule has 1 aliphatic heterocycles. The van der Waals surface area contributed by atoms with E-state index in [2.05, 4.69) is 36.2 Å². The Morgan fingerprint density at radius 2 is 2.00 bits per heavy atom. The molecule has 1 aromatic heterocycles. The van der Waals surface area contributed by atoms with Gasteiger partial charge in [0.25, 0.3) is 0 Å². The minimum atomic E-state index is 0.905. The SMILES string of the molecule is CCC1CCN(c2c(CNC)c(C)nn2C)CC1. The Bertz CT molecular complexity index is 389. The summed E-state index contributed by atoms with van der Waals surface area (Å²) in [5.74, 6) is 2.24. The first-order chi connectivity index (χ1) is 8.67. The molecule has 0 spiro atoms. The number of nitrogens with zero attached hydrogens (tertiary/aromatic N) is 3. The smallest absolute Gasteiger partial charge is 0.131 e. The number of hydrogen-bond donors (Lipinski definition) is 1. The Balaban J connectivity index is 2.17. The van der Waals surface area contributed by atoms with Crippen molar-refractivity contribution in [2.24, 2.45) is 13.0 Å². The van der Waals surface area contributed by atoms with Crippen LogP contribution in [0, 0.1) is 12.8 Å². The van der Waals surface area contributed by atoms with Crippen LogP contribution in [0.5, 0.6) is 0 Å². The lowest BCUT2D eigenvalue weighted by Gasteiger charge is -2.33. The standard InChI is InChI=1S/C14H26N4/c1-5-12-6-8-18(9-7-12)14-13(10-15-3)11(2)16-17(14)4/h12,15H,5-10H2,1-4H3. The quantitative estimate of drug-likeness (QED) is 0.888. The second-order valence-corrected chi connectivity index (χ2v) is 5.38. The highest BCUT2D eigenvalue weighted by molar-refractivity contribution is 5.50. The molecule has 1 saturated heterocycles. The first-order valence-corrected chi connectivity index (χ1v) is 7.09. The number of rotatable bonds is 4. The van der Waals surface area contributed by atoms with Crippen LogP contribution in [0.25, 0.3) is 0 Å². The molecule has 0 aliphatic carbocycles. The fourth-order valence-electron chi connectivity index (χ4n) is 3.02. The van der Waals surface area contributed by atoms with Crippen LogP contribution in [0.2, 0.25) is 0 Å². The second-order valence-electron chi connectivity index (χ2n) is 5.38. The van der Waals surface area contributed by atoms with Gasteiger partial charge in [0.1, 0.15) is 5.82 Å². The minimum Gasteiger partial charge on any atom is -0.357 e. The zero-order chi connectivity index (χ0) is 13.1. The van der Waals surface area contributed by atoms with Crippen molar-refractivity contribution < 1.29 is 0 Å². The Kier molecular flexibility index (Phi) is 4.27. The summed E-state index contributed by atoms with van der Waals surface area (Å²) in [4.78, 5) is 2.51. The lowest BCUT2D eigenvalue weighted by Crippen LogP contribution is -2.35. The molecule has 102 valence electrons. The molecule has 2 rings (SSSR count). The van der Waals surface area contributed by atoms with Gasteiger partial charge in [-0.15, -0.1) is 0 Å². The van der Waals surface area contributed by atoms with Crippen LogP contribution in [0.3, 0.4) is 0 Å². The normalized spacial score (nSPS) is 17.4. The molecule has 0 amide bonds. The topological polar surface area (TPSA) is 33.1 Å². The lowest BCUT2D eigenvalue weighted by atomic mass is 9.94. The molecule has 1 N–H and O–H groups in total. The summed E-state index contributed by atoms with van der Waals surface area (Å²) in [5, 5.41) is 7.84. The Morgan fingerprint density at radius 3 is 2.56 bits per heavy atom. The van der Waals surface area contributed by atoms with Crippen LogP contribution >= 0.6 is 0 Å². The van der Waals surface area contributed by atoms with Gasteiger partial charge in [0, 0.05) is 32.2 Å². The zero-order valence-electron chi connectivity index (χ0n) is 12.2. The Morgan fingerprint density at radius 1 is 1.33 bits per heavy atom. The van der Waals surface area contributed by atoms with Crippen LogP contribution in [-0.2, 0) is 13.6 Å². The van der Waals surface area contributed by atoms with Gasteiger partial charge in [-0.2, -0.15) is 5.10 Å². The van der Waals surface area contributed by atoms with E-state index in [0.29, 0.717) is 0 Å². The molecule has 4 heteroatoms. The summed E-state index contributed by atoms with van der Waals surface area (Å²) in [5.41, 5.74) is 2.51. The number of piperidine rings is 1. The molecule has 0 radical (unpaired) electrons. The van der Waals surface area contributed by atoms with Crippen molar-refractivity contribution >= 4 is 5.82 Å². The zero-order valence-corrected chi connectivity index (χ0v) is 12.2. The van der Waals surface area contributed by atoms with Gasteiger partial charge in [-0.25, -0.2) is 0 Å². The molecule has 1 aliphatic rings. The van der Waals surface area contributed by atoms with E-state index in [0.717, 1.165) is 18.2 Å². The third-order valence-corrected chi connectivity index (χ3v) is 4.16. The van der Waals surface area contributed by atoms with Crippen LogP contribution < -0.4 is 10.2 Å². The van der Waals surface area contributed by atoms with Crippen molar-refractivity contribution in [2.45, 2.75) is 39.7 Å². The van der Waals surface area contributed by atoms with E-state index < -0.39 is 0 Å². The summed E-state index contributed by atoms with van der Waals surface area (Å²) in [6.07, 6.45) is 3.96. The molecule has 1 aromatic rings. The Hall–Kier alpha value is -1.03. The van der Waals surface area contributed by atoms with E-state index in [1.807, 2.05) is 11.7 Å². The van der Waals surface area contributed by atoms with Crippen LogP contribution in [-0.4, -0.2) is 29.9 Å². The van der Waals surface area contributed by atoms with Gasteiger partial charge in [-0.3, -0.25) is 4.68 Å². The maximum absolute atomic E-state index is 4.58. The molecular formula is C14H26N4. The fourth-order valence-corrected chi connectivity index (χ4v) is 3.02. The number of nitrogens with one attached hydrogen (secondary N) is 1. The maximum Gasteiger partial charge on any atom is 0.131 e. The maximum atomic E-state index is 4.58. The van der Waals surface area contributed by atoms with E-state index in [4.69, 9.17) is 0 Å². The molecule has 1 fully saturated rings. The Labute approximate surface area is 110 Å². The van der Waals surface area contributed by atoms with Gasteiger partial charge in [0.2, 0.25) is 0 Å². The third kappa shape index (κ3) is 2.53. The van der Waals surface area contributed by atoms with Gasteiger partial charge in [-0.1, -0.05) is 13.3 Å². The van der Waals surface area contributed by atoms with Gasteiger partial charge in [0.05, 0.1) is 5.69 Å². The van der Waals surface area contributed by atoms with Crippen molar-refractivity contribution in [3.8, 4) is 0 Å². The highest BCUT2D eigenvalue weighted by atomic mass is 15.4. The lowest BCUT2D eigenvalue weighted by molar-refractivity contribution is 0.391. The van der Waals surface area contributed by atoms with Crippen molar-refractivity contribution in [1.82, 2.24) is 15.1 Å². The fraction of sp³-hybridized carbons (Fsp3) is 0.786. The van der Waals surface area contributed by atoms with Gasteiger partial charge >= 0.3 is 0 Å². The largest absolute Gasteiger partial charge is 0.357 e. The first-order valence-electron chi connectivity index (χ1n) is 7.09. The minimum absolute atomic E-state index is 0.905. The molecule has 2 heterocycles. The molecular weight excluding hydrogens is 224 g/mol. The van der Waals surface area contributed by atoms with E-state index in [9.17, 15) is 0 Å². The van der Waals surface area contributed by atoms with E-state index >= 15 is 0 Å². The summed E-state index contributed by atoms with van der Waals surface area (Å²) in [6.45, 7) is 7.67. The molecule has 4 nitrogen and oxygen atoms in total. The van der Waals surface area contributed by atoms with Crippen molar-refractivity contribution in [3.05, 3.63) is 11.3 Å². The van der Waals surface area contributed by atoms with Crippen LogP contribution in [0.1, 0.15) is 37.4 Å². The van der Waals surface area contributed by atoms with Crippen LogP contribution in [0.15, 0.2) is 0 Å². The average Bonchev–Trinajstić information content (AvgIpc) is 2.65. The molecule has 0 saturated carbocycles. The number of aryl methyl sites for hydroxylation is 2. The summed E-state index contributed by atoms with van der Waals surface area (Å²) in [6, 6.07) is 0. The van der Waals surface area contributed by atoms with Crippen molar-refractivity contribution in [3.63, 3.8) is 0 Å². The van der Waals surface area contributed by atoms with Crippen LogP contribution in [0.4, 0.5) is 5.82 Å². The number of aromatic nitrogens is 2. The average molecular weight is 250 g/mol. The van der Waals surface area contributed by atoms with E-state index in [1.165, 1.54) is 43.7 Å². The predicted molar refractivity (Wildman–Crippen MR) is 75.9 cm³/mol. The summed E-state index contributed by atoms with van der Waals surface area (Å²) < 4.78 is 2.05. The van der Waals surface area contributed by atoms with Gasteiger partial charge in [-0.05, 0) is 32.7 Å². The van der Waals surface area contributed by atoms with Crippen molar-refractivity contribution in [1.29, 1.82) is 0 Å². The second kappa shape index (κ2) is 5.74. The molecule has 0 bridgehead atoms. The molecule has 18 heavy (non-hydrogen) atoms. The third-order valence-electron chi connectivity index (χ3n) is 4.16.